The van der Waals surface area contributed by atoms with Gasteiger partial charge in [0.05, 0.1) is 5.69 Å². The van der Waals surface area contributed by atoms with Crippen LogP contribution in [-0.2, 0) is 12.8 Å². The van der Waals surface area contributed by atoms with Gasteiger partial charge in [-0.25, -0.2) is 0 Å². The fourth-order valence-electron chi connectivity index (χ4n) is 4.37. The molecule has 0 saturated heterocycles. The Bertz CT molecular complexity index is 641. The van der Waals surface area contributed by atoms with Crippen LogP contribution in [0.5, 0.6) is 0 Å². The number of benzene rings is 1. The monoisotopic (exact) mass is 349 g/mol. The lowest BCUT2D eigenvalue weighted by Gasteiger charge is -2.28. The number of rotatable bonds is 8. The van der Waals surface area contributed by atoms with Gasteiger partial charge in [0.25, 0.3) is 0 Å². The number of unbranched alkanes of at least 4 members (excludes halogenated alkanes) is 1. The van der Waals surface area contributed by atoms with Crippen molar-refractivity contribution in [2.45, 2.75) is 78.1 Å². The van der Waals surface area contributed by atoms with Crippen LogP contribution in [0.25, 0.3) is 11.3 Å². The molecule has 0 spiro atoms. The molecular formula is C25H35N. The molecule has 1 aliphatic carbocycles. The molecule has 0 radical (unpaired) electrons. The van der Waals surface area contributed by atoms with Gasteiger partial charge in [0.1, 0.15) is 0 Å². The van der Waals surface area contributed by atoms with E-state index < -0.39 is 0 Å². The lowest BCUT2D eigenvalue weighted by Crippen LogP contribution is -2.15. The molecule has 1 heteroatoms. The first-order valence-electron chi connectivity index (χ1n) is 10.8. The second kappa shape index (κ2) is 9.90. The Hall–Kier alpha value is -1.63. The van der Waals surface area contributed by atoms with Crippen molar-refractivity contribution >= 4 is 0 Å². The van der Waals surface area contributed by atoms with Crippen LogP contribution in [0.1, 0.15) is 76.3 Å². The van der Waals surface area contributed by atoms with E-state index in [2.05, 4.69) is 55.2 Å². The molecule has 1 heterocycles. The molecule has 0 aliphatic heterocycles. The van der Waals surface area contributed by atoms with Gasteiger partial charge < -0.3 is 0 Å². The van der Waals surface area contributed by atoms with E-state index in [1.807, 2.05) is 6.20 Å². The van der Waals surface area contributed by atoms with Crippen molar-refractivity contribution in [3.05, 3.63) is 53.7 Å². The van der Waals surface area contributed by atoms with E-state index in [9.17, 15) is 0 Å². The van der Waals surface area contributed by atoms with Crippen LogP contribution in [0, 0.1) is 11.8 Å². The standard InChI is InChI=1S/C25H35N/c1-3-5-7-23-14-17-25(26-19-23)24-15-12-21(13-16-24)10-11-22-9-6-8-20(4-2)18-22/h12-17,19-20,22H,3-11,18H2,1-2H3. The van der Waals surface area contributed by atoms with E-state index in [1.54, 1.807) is 0 Å². The summed E-state index contributed by atoms with van der Waals surface area (Å²) in [7, 11) is 0. The minimum absolute atomic E-state index is 0.950. The van der Waals surface area contributed by atoms with E-state index in [0.717, 1.165) is 24.0 Å². The molecule has 1 aromatic heterocycles. The molecule has 1 fully saturated rings. The van der Waals surface area contributed by atoms with Gasteiger partial charge in [-0.15, -0.1) is 0 Å². The average molecular weight is 350 g/mol. The van der Waals surface area contributed by atoms with Crippen LogP contribution < -0.4 is 0 Å². The zero-order valence-corrected chi connectivity index (χ0v) is 16.7. The molecule has 2 atom stereocenters. The maximum atomic E-state index is 4.67. The third-order valence-electron chi connectivity index (χ3n) is 6.20. The highest BCUT2D eigenvalue weighted by Gasteiger charge is 2.20. The van der Waals surface area contributed by atoms with Crippen LogP contribution in [-0.4, -0.2) is 4.98 Å². The van der Waals surface area contributed by atoms with Crippen LogP contribution in [0.2, 0.25) is 0 Å². The minimum Gasteiger partial charge on any atom is -0.256 e. The van der Waals surface area contributed by atoms with Crippen molar-refractivity contribution in [3.63, 3.8) is 0 Å². The predicted molar refractivity (Wildman–Crippen MR) is 112 cm³/mol. The highest BCUT2D eigenvalue weighted by Crippen LogP contribution is 2.33. The molecule has 2 unspecified atom stereocenters. The zero-order chi connectivity index (χ0) is 18.2. The smallest absolute Gasteiger partial charge is 0.0702 e. The molecule has 0 bridgehead atoms. The SMILES string of the molecule is CCCCc1ccc(-c2ccc(CCC3CCCC(CC)C3)cc2)nc1. The van der Waals surface area contributed by atoms with Crippen LogP contribution in [0.3, 0.4) is 0 Å². The van der Waals surface area contributed by atoms with Gasteiger partial charge in [-0.05, 0) is 61.1 Å². The predicted octanol–water partition coefficient (Wildman–Crippen LogP) is 7.24. The van der Waals surface area contributed by atoms with E-state index in [1.165, 1.54) is 74.5 Å². The first-order valence-corrected chi connectivity index (χ1v) is 10.8. The molecule has 26 heavy (non-hydrogen) atoms. The number of aryl methyl sites for hydroxylation is 2. The Kier molecular flexibility index (Phi) is 7.29. The van der Waals surface area contributed by atoms with Crippen molar-refractivity contribution in [2.75, 3.05) is 0 Å². The van der Waals surface area contributed by atoms with Gasteiger partial charge in [-0.1, -0.05) is 76.3 Å². The van der Waals surface area contributed by atoms with Crippen molar-refractivity contribution in [2.24, 2.45) is 11.8 Å². The number of hydrogen-bond acceptors (Lipinski definition) is 1. The number of aromatic nitrogens is 1. The summed E-state index contributed by atoms with van der Waals surface area (Å²) in [5, 5.41) is 0. The Labute approximate surface area is 160 Å². The largest absolute Gasteiger partial charge is 0.256 e. The van der Waals surface area contributed by atoms with Gasteiger partial charge in [-0.3, -0.25) is 4.98 Å². The molecule has 2 aromatic rings. The summed E-state index contributed by atoms with van der Waals surface area (Å²) in [6.45, 7) is 4.59. The van der Waals surface area contributed by atoms with Crippen molar-refractivity contribution in [1.29, 1.82) is 0 Å². The molecule has 1 aromatic carbocycles. The van der Waals surface area contributed by atoms with Crippen molar-refractivity contribution in [1.82, 2.24) is 4.98 Å². The molecule has 3 rings (SSSR count). The Morgan fingerprint density at radius 3 is 2.35 bits per heavy atom. The molecule has 140 valence electrons. The molecular weight excluding hydrogens is 314 g/mol. The zero-order valence-electron chi connectivity index (χ0n) is 16.7. The number of pyridine rings is 1. The molecule has 1 saturated carbocycles. The molecule has 1 nitrogen and oxygen atoms in total. The lowest BCUT2D eigenvalue weighted by atomic mass is 9.78. The molecule has 0 amide bonds. The van der Waals surface area contributed by atoms with E-state index in [-0.39, 0.29) is 0 Å². The Morgan fingerprint density at radius 1 is 0.885 bits per heavy atom. The second-order valence-electron chi connectivity index (χ2n) is 8.20. The van der Waals surface area contributed by atoms with E-state index in [0.29, 0.717) is 0 Å². The highest BCUT2D eigenvalue weighted by atomic mass is 14.7. The third-order valence-corrected chi connectivity index (χ3v) is 6.20. The Balaban J connectivity index is 1.53. The minimum atomic E-state index is 0.950. The normalized spacial score (nSPS) is 20.2. The number of hydrogen-bond donors (Lipinski definition) is 0. The van der Waals surface area contributed by atoms with Crippen molar-refractivity contribution in [3.8, 4) is 11.3 Å². The van der Waals surface area contributed by atoms with E-state index >= 15 is 0 Å². The first kappa shape index (κ1) is 19.1. The van der Waals surface area contributed by atoms with Gasteiger partial charge in [0.15, 0.2) is 0 Å². The third kappa shape index (κ3) is 5.43. The van der Waals surface area contributed by atoms with Crippen LogP contribution >= 0.6 is 0 Å². The average Bonchev–Trinajstić information content (AvgIpc) is 2.72. The summed E-state index contributed by atoms with van der Waals surface area (Å²) in [6.07, 6.45) is 15.5. The van der Waals surface area contributed by atoms with Crippen LogP contribution in [0.15, 0.2) is 42.6 Å². The summed E-state index contributed by atoms with van der Waals surface area (Å²) in [5.74, 6) is 1.94. The fourth-order valence-corrected chi connectivity index (χ4v) is 4.37. The Morgan fingerprint density at radius 2 is 1.65 bits per heavy atom. The summed E-state index contributed by atoms with van der Waals surface area (Å²) in [5.41, 5.74) is 5.16. The lowest BCUT2D eigenvalue weighted by molar-refractivity contribution is 0.250. The summed E-state index contributed by atoms with van der Waals surface area (Å²) in [4.78, 5) is 4.67. The highest BCUT2D eigenvalue weighted by molar-refractivity contribution is 5.59. The van der Waals surface area contributed by atoms with E-state index in [4.69, 9.17) is 0 Å². The topological polar surface area (TPSA) is 12.9 Å². The van der Waals surface area contributed by atoms with Gasteiger partial charge in [0.2, 0.25) is 0 Å². The second-order valence-corrected chi connectivity index (χ2v) is 8.20. The molecule has 1 aliphatic rings. The van der Waals surface area contributed by atoms with Gasteiger partial charge in [0, 0.05) is 11.8 Å². The first-order chi connectivity index (χ1) is 12.8. The van der Waals surface area contributed by atoms with Gasteiger partial charge in [-0.2, -0.15) is 0 Å². The fraction of sp³-hybridized carbons (Fsp3) is 0.560. The van der Waals surface area contributed by atoms with Crippen molar-refractivity contribution < 1.29 is 0 Å². The van der Waals surface area contributed by atoms with Crippen LogP contribution in [0.4, 0.5) is 0 Å². The quantitative estimate of drug-likeness (QED) is 0.489. The maximum Gasteiger partial charge on any atom is 0.0702 e. The van der Waals surface area contributed by atoms with Gasteiger partial charge >= 0.3 is 0 Å². The number of nitrogens with zero attached hydrogens (tertiary/aromatic N) is 1. The summed E-state index contributed by atoms with van der Waals surface area (Å²) >= 11 is 0. The summed E-state index contributed by atoms with van der Waals surface area (Å²) < 4.78 is 0. The maximum absolute atomic E-state index is 4.67. The molecule has 0 N–H and O–H groups in total. The summed E-state index contributed by atoms with van der Waals surface area (Å²) in [6, 6.07) is 13.5.